The van der Waals surface area contributed by atoms with Gasteiger partial charge in [0.1, 0.15) is 23.3 Å². The van der Waals surface area contributed by atoms with Crippen LogP contribution in [0.25, 0.3) is 16.6 Å². The first-order chi connectivity index (χ1) is 27.9. The molecule has 0 N–H and O–H groups in total. The highest BCUT2D eigenvalue weighted by atomic mass is 35.5. The molecule has 0 bridgehead atoms. The molecular weight excluding hydrogens is 766 g/mol. The van der Waals surface area contributed by atoms with Crippen molar-refractivity contribution in [2.45, 2.75) is 63.3 Å². The smallest absolute Gasteiger partial charge is 0.282 e. The van der Waals surface area contributed by atoms with Gasteiger partial charge in [-0.1, -0.05) is 23.7 Å². The molecule has 3 saturated heterocycles. The highest BCUT2D eigenvalue weighted by Crippen LogP contribution is 2.44. The van der Waals surface area contributed by atoms with Gasteiger partial charge in [-0.05, 0) is 86.6 Å². The van der Waals surface area contributed by atoms with Crippen LogP contribution in [0.3, 0.4) is 0 Å². The quantitative estimate of drug-likeness (QED) is 0.146. The number of piperazine rings is 1. The maximum atomic E-state index is 15.3. The minimum Gasteiger partial charge on any atom is -0.369 e. The van der Waals surface area contributed by atoms with E-state index in [0.29, 0.717) is 59.2 Å². The molecule has 3 aromatic carbocycles. The second-order valence-electron chi connectivity index (χ2n) is 16.1. The SMILES string of the molecule is CC1(C)c2ccc(N3CCN(Cc4ncc(N5CCC(c6cc(F)c(C7CCC(=O)N(C=O)C7=O)c(F)c6)CC5)cn4)CC3)cc2-n2c1nc(=O)c1c(Cl)cccc12. The van der Waals surface area contributed by atoms with Gasteiger partial charge >= 0.3 is 0 Å². The Morgan fingerprint density at radius 1 is 0.862 bits per heavy atom. The molecule has 0 saturated carbocycles. The van der Waals surface area contributed by atoms with Gasteiger partial charge in [-0.2, -0.15) is 4.98 Å². The van der Waals surface area contributed by atoms with Gasteiger partial charge in [-0.25, -0.2) is 23.6 Å². The summed E-state index contributed by atoms with van der Waals surface area (Å²) in [5, 5.41) is 0.824. The number of likely N-dealkylation sites (tertiary alicyclic amines) is 1. The van der Waals surface area contributed by atoms with Crippen molar-refractivity contribution in [3.05, 3.63) is 116 Å². The molecule has 6 heterocycles. The lowest BCUT2D eigenvalue weighted by Crippen LogP contribution is -2.46. The predicted octanol–water partition coefficient (Wildman–Crippen LogP) is 5.84. The van der Waals surface area contributed by atoms with Crippen molar-refractivity contribution in [3.63, 3.8) is 0 Å². The zero-order valence-corrected chi connectivity index (χ0v) is 32.9. The first kappa shape index (κ1) is 37.9. The zero-order chi connectivity index (χ0) is 40.5. The number of hydrogen-bond donors (Lipinski definition) is 0. The summed E-state index contributed by atoms with van der Waals surface area (Å²) >= 11 is 6.48. The van der Waals surface area contributed by atoms with E-state index in [9.17, 15) is 19.2 Å². The van der Waals surface area contributed by atoms with E-state index in [1.165, 1.54) is 12.1 Å². The molecule has 4 aliphatic rings. The number of anilines is 2. The molecule has 0 radical (unpaired) electrons. The molecule has 3 amide bonds. The summed E-state index contributed by atoms with van der Waals surface area (Å²) in [6.07, 6.45) is 4.93. The number of nitrogens with zero attached hydrogens (tertiary/aromatic N) is 8. The van der Waals surface area contributed by atoms with E-state index in [1.54, 1.807) is 6.07 Å². The van der Waals surface area contributed by atoms with E-state index in [1.807, 2.05) is 24.5 Å². The Balaban J connectivity index is 0.808. The molecule has 9 rings (SSSR count). The van der Waals surface area contributed by atoms with Gasteiger partial charge in [0.25, 0.3) is 5.56 Å². The van der Waals surface area contributed by atoms with Gasteiger partial charge in [0.15, 0.2) is 0 Å². The molecule has 1 atom stereocenters. The van der Waals surface area contributed by atoms with E-state index >= 15 is 8.78 Å². The van der Waals surface area contributed by atoms with Crippen LogP contribution in [0.1, 0.15) is 79.7 Å². The molecule has 58 heavy (non-hydrogen) atoms. The Kier molecular flexibility index (Phi) is 9.59. The lowest BCUT2D eigenvalue weighted by atomic mass is 9.84. The van der Waals surface area contributed by atoms with Crippen molar-refractivity contribution in [2.75, 3.05) is 49.1 Å². The molecule has 298 valence electrons. The highest BCUT2D eigenvalue weighted by molar-refractivity contribution is 6.35. The average molecular weight is 807 g/mol. The van der Waals surface area contributed by atoms with Crippen molar-refractivity contribution in [3.8, 4) is 5.69 Å². The van der Waals surface area contributed by atoms with Crippen LogP contribution in [0.2, 0.25) is 5.02 Å². The van der Waals surface area contributed by atoms with Crippen LogP contribution >= 0.6 is 11.6 Å². The van der Waals surface area contributed by atoms with E-state index in [-0.39, 0.29) is 30.7 Å². The molecule has 0 spiro atoms. The molecule has 4 aliphatic heterocycles. The summed E-state index contributed by atoms with van der Waals surface area (Å²) in [4.78, 5) is 70.0. The van der Waals surface area contributed by atoms with E-state index < -0.39 is 40.3 Å². The van der Waals surface area contributed by atoms with Crippen molar-refractivity contribution in [1.29, 1.82) is 0 Å². The van der Waals surface area contributed by atoms with Crippen LogP contribution in [-0.2, 0) is 26.3 Å². The van der Waals surface area contributed by atoms with Gasteiger partial charge in [-0.15, -0.1) is 0 Å². The fourth-order valence-corrected chi connectivity index (χ4v) is 9.47. The normalized spacial score (nSPS) is 19.8. The number of fused-ring (bicyclic) bond motifs is 5. The number of carbonyl (C=O) groups excluding carboxylic acids is 3. The largest absolute Gasteiger partial charge is 0.369 e. The summed E-state index contributed by atoms with van der Waals surface area (Å²) < 4.78 is 32.8. The molecule has 12 nitrogen and oxygen atoms in total. The fourth-order valence-electron chi connectivity index (χ4n) is 9.22. The second kappa shape index (κ2) is 14.7. The summed E-state index contributed by atoms with van der Waals surface area (Å²) in [5.74, 6) is -3.09. The first-order valence-electron chi connectivity index (χ1n) is 19.6. The zero-order valence-electron chi connectivity index (χ0n) is 32.1. The third-order valence-corrected chi connectivity index (χ3v) is 12.8. The molecular formula is C43H41ClF2N8O4. The van der Waals surface area contributed by atoms with Gasteiger partial charge in [0, 0.05) is 56.9 Å². The minimum atomic E-state index is -1.22. The average Bonchev–Trinajstić information content (AvgIpc) is 3.44. The predicted molar refractivity (Wildman–Crippen MR) is 214 cm³/mol. The monoisotopic (exact) mass is 806 g/mol. The Labute approximate surface area is 338 Å². The molecule has 15 heteroatoms. The van der Waals surface area contributed by atoms with Crippen molar-refractivity contribution in [1.82, 2.24) is 29.3 Å². The molecule has 0 aliphatic carbocycles. The van der Waals surface area contributed by atoms with Crippen LogP contribution in [0.5, 0.6) is 0 Å². The number of aromatic nitrogens is 4. The van der Waals surface area contributed by atoms with Crippen LogP contribution in [0, 0.1) is 11.6 Å². The summed E-state index contributed by atoms with van der Waals surface area (Å²) in [6, 6.07) is 14.6. The third kappa shape index (κ3) is 6.42. The summed E-state index contributed by atoms with van der Waals surface area (Å²) in [5.41, 5.74) is 4.25. The maximum absolute atomic E-state index is 15.3. The van der Waals surface area contributed by atoms with Crippen LogP contribution in [0.15, 0.2) is 65.7 Å². The number of hydrogen-bond acceptors (Lipinski definition) is 10. The number of carbonyl (C=O) groups is 3. The fraction of sp³-hybridized carbons (Fsp3) is 0.372. The Bertz CT molecular complexity index is 2530. The first-order valence-corrected chi connectivity index (χ1v) is 20.0. The van der Waals surface area contributed by atoms with Gasteiger partial charge in [-0.3, -0.25) is 28.6 Å². The summed E-state index contributed by atoms with van der Waals surface area (Å²) in [6.45, 7) is 9.44. The Morgan fingerprint density at radius 2 is 1.55 bits per heavy atom. The Morgan fingerprint density at radius 3 is 2.24 bits per heavy atom. The maximum Gasteiger partial charge on any atom is 0.282 e. The number of piperidine rings is 2. The number of rotatable bonds is 7. The van der Waals surface area contributed by atoms with E-state index in [2.05, 4.69) is 56.3 Å². The van der Waals surface area contributed by atoms with Gasteiger partial charge < -0.3 is 9.80 Å². The molecule has 2 aromatic heterocycles. The van der Waals surface area contributed by atoms with Crippen molar-refractivity contribution < 1.29 is 23.2 Å². The van der Waals surface area contributed by atoms with Crippen LogP contribution in [0.4, 0.5) is 20.2 Å². The number of imide groups is 3. The van der Waals surface area contributed by atoms with Crippen molar-refractivity contribution in [2.24, 2.45) is 0 Å². The van der Waals surface area contributed by atoms with Crippen LogP contribution < -0.4 is 15.4 Å². The molecule has 1 unspecified atom stereocenters. The third-order valence-electron chi connectivity index (χ3n) is 12.5. The molecule has 5 aromatic rings. The highest BCUT2D eigenvalue weighted by Gasteiger charge is 2.40. The standard InChI is InChI=1S/C43H41ClF2N8O4/c1-43(2)30-8-6-27(20-35(30)54-34-5-3-4-31(44)39(34)40(57)49-42(43)54)52-16-14-50(15-17-52)23-36-47-21-28(22-48-36)51-12-10-25(11-13-51)26-18-32(45)38(33(46)19-26)29-7-9-37(56)53(24-55)41(29)58/h3-6,8,18-22,24-25,29H,7,9-17,23H2,1-2H3. The van der Waals surface area contributed by atoms with Gasteiger partial charge in [0.05, 0.1) is 57.6 Å². The second-order valence-corrected chi connectivity index (χ2v) is 16.5. The minimum absolute atomic E-state index is 0.0463. The van der Waals surface area contributed by atoms with E-state index in [0.717, 1.165) is 60.1 Å². The Hall–Kier alpha value is -5.60. The molecule has 3 fully saturated rings. The summed E-state index contributed by atoms with van der Waals surface area (Å²) in [7, 11) is 0. The van der Waals surface area contributed by atoms with Gasteiger partial charge in [0.2, 0.25) is 18.2 Å². The lowest BCUT2D eigenvalue weighted by molar-refractivity contribution is -0.152. The number of halogens is 3. The lowest BCUT2D eigenvalue weighted by Gasteiger charge is -2.36. The number of amides is 3. The topological polar surface area (TPSA) is 125 Å². The number of benzene rings is 3. The van der Waals surface area contributed by atoms with Crippen LogP contribution in [-0.4, -0.2) is 86.8 Å². The van der Waals surface area contributed by atoms with E-state index in [4.69, 9.17) is 21.6 Å². The van der Waals surface area contributed by atoms with Crippen molar-refractivity contribution >= 4 is 52.1 Å².